The molecule has 20 heavy (non-hydrogen) atoms. The molecular weight excluding hydrogens is 290 g/mol. The molecule has 0 atom stereocenters. The van der Waals surface area contributed by atoms with Crippen molar-refractivity contribution in [1.82, 2.24) is 9.78 Å². The summed E-state index contributed by atoms with van der Waals surface area (Å²) in [6.45, 7) is 0. The summed E-state index contributed by atoms with van der Waals surface area (Å²) in [5.41, 5.74) is -0.410. The second-order valence-corrected chi connectivity index (χ2v) is 4.25. The molecule has 1 aromatic heterocycles. The first-order chi connectivity index (χ1) is 9.43. The van der Waals surface area contributed by atoms with Crippen LogP contribution in [0.1, 0.15) is 15.9 Å². The molecule has 0 aliphatic rings. The van der Waals surface area contributed by atoms with E-state index in [2.05, 4.69) is 10.4 Å². The summed E-state index contributed by atoms with van der Waals surface area (Å²) in [4.78, 5) is 11.9. The van der Waals surface area contributed by atoms with Gasteiger partial charge in [0.05, 0.1) is 16.8 Å². The Hall–Kier alpha value is -2.46. The second kappa shape index (κ2) is 5.27. The number of halogens is 3. The standard InChI is InChI=1S/C12H7ClF2N4O/c1-19-11(6(4-16)5-17-19)18-12(20)7-2-10(15)8(13)3-9(7)14/h2-3,5H,1H3,(H,18,20). The molecule has 2 rings (SSSR count). The third-order valence-corrected chi connectivity index (χ3v) is 2.84. The van der Waals surface area contributed by atoms with E-state index in [1.54, 1.807) is 0 Å². The van der Waals surface area contributed by atoms with Gasteiger partial charge in [-0.25, -0.2) is 8.78 Å². The fraction of sp³-hybridized carbons (Fsp3) is 0.0833. The summed E-state index contributed by atoms with van der Waals surface area (Å²) >= 11 is 5.40. The smallest absolute Gasteiger partial charge is 0.259 e. The molecular formula is C12H7ClF2N4O. The Morgan fingerprint density at radius 3 is 2.80 bits per heavy atom. The summed E-state index contributed by atoms with van der Waals surface area (Å²) in [5, 5.41) is 14.5. The number of amides is 1. The van der Waals surface area contributed by atoms with Gasteiger partial charge in [0.25, 0.3) is 5.91 Å². The third-order valence-electron chi connectivity index (χ3n) is 2.55. The minimum atomic E-state index is -0.963. The van der Waals surface area contributed by atoms with E-state index in [0.717, 1.165) is 0 Å². The van der Waals surface area contributed by atoms with Crippen LogP contribution >= 0.6 is 11.6 Å². The van der Waals surface area contributed by atoms with Gasteiger partial charge in [-0.1, -0.05) is 11.6 Å². The molecule has 0 saturated carbocycles. The van der Waals surface area contributed by atoms with Crippen LogP contribution in [0.15, 0.2) is 18.3 Å². The van der Waals surface area contributed by atoms with E-state index in [1.165, 1.54) is 17.9 Å². The van der Waals surface area contributed by atoms with Crippen LogP contribution in [0.3, 0.4) is 0 Å². The van der Waals surface area contributed by atoms with Crippen molar-refractivity contribution in [2.24, 2.45) is 7.05 Å². The molecule has 0 saturated heterocycles. The number of benzene rings is 1. The van der Waals surface area contributed by atoms with Gasteiger partial charge in [-0.15, -0.1) is 0 Å². The average Bonchev–Trinajstić information content (AvgIpc) is 2.75. The number of anilines is 1. The Morgan fingerprint density at radius 2 is 2.15 bits per heavy atom. The fourth-order valence-electron chi connectivity index (χ4n) is 1.54. The number of carbonyl (C=O) groups excluding carboxylic acids is 1. The van der Waals surface area contributed by atoms with Crippen LogP contribution in [0.25, 0.3) is 0 Å². The fourth-order valence-corrected chi connectivity index (χ4v) is 1.69. The molecule has 0 aliphatic carbocycles. The number of hydrogen-bond acceptors (Lipinski definition) is 3. The Morgan fingerprint density at radius 1 is 1.45 bits per heavy atom. The highest BCUT2D eigenvalue weighted by molar-refractivity contribution is 6.30. The van der Waals surface area contributed by atoms with Gasteiger partial charge in [-0.05, 0) is 12.1 Å². The quantitative estimate of drug-likeness (QED) is 0.865. The lowest BCUT2D eigenvalue weighted by Crippen LogP contribution is -2.17. The Kier molecular flexibility index (Phi) is 3.68. The van der Waals surface area contributed by atoms with E-state index in [4.69, 9.17) is 16.9 Å². The zero-order valence-corrected chi connectivity index (χ0v) is 10.9. The summed E-state index contributed by atoms with van der Waals surface area (Å²) < 4.78 is 28.1. The maximum atomic E-state index is 13.6. The first-order valence-electron chi connectivity index (χ1n) is 5.32. The molecule has 102 valence electrons. The number of carbonyl (C=O) groups is 1. The number of nitrogens with one attached hydrogen (secondary N) is 1. The number of rotatable bonds is 2. The summed E-state index contributed by atoms with van der Waals surface area (Å²) in [6.07, 6.45) is 1.24. The van der Waals surface area contributed by atoms with Crippen molar-refractivity contribution in [2.45, 2.75) is 0 Å². The van der Waals surface area contributed by atoms with Gasteiger partial charge < -0.3 is 5.32 Å². The van der Waals surface area contributed by atoms with Crippen LogP contribution in [-0.2, 0) is 7.05 Å². The van der Waals surface area contributed by atoms with E-state index >= 15 is 0 Å². The molecule has 1 amide bonds. The number of aromatic nitrogens is 2. The predicted octanol–water partition coefficient (Wildman–Crippen LogP) is 2.48. The van der Waals surface area contributed by atoms with Gasteiger partial charge in [0.1, 0.15) is 29.1 Å². The van der Waals surface area contributed by atoms with E-state index in [9.17, 15) is 13.6 Å². The van der Waals surface area contributed by atoms with E-state index < -0.39 is 28.1 Å². The molecule has 0 bridgehead atoms. The van der Waals surface area contributed by atoms with Gasteiger partial charge in [-0.3, -0.25) is 9.48 Å². The van der Waals surface area contributed by atoms with Crippen molar-refractivity contribution in [2.75, 3.05) is 5.32 Å². The normalized spacial score (nSPS) is 10.2. The zero-order valence-electron chi connectivity index (χ0n) is 10.1. The number of aryl methyl sites for hydroxylation is 1. The van der Waals surface area contributed by atoms with Crippen molar-refractivity contribution < 1.29 is 13.6 Å². The molecule has 1 aromatic carbocycles. The van der Waals surface area contributed by atoms with Gasteiger partial charge in [0.2, 0.25) is 0 Å². The highest BCUT2D eigenvalue weighted by Crippen LogP contribution is 2.21. The van der Waals surface area contributed by atoms with E-state index in [0.29, 0.717) is 12.1 Å². The third kappa shape index (κ3) is 2.46. The number of hydrogen-bond donors (Lipinski definition) is 1. The van der Waals surface area contributed by atoms with Gasteiger partial charge in [-0.2, -0.15) is 10.4 Å². The van der Waals surface area contributed by atoms with Crippen LogP contribution in [0.4, 0.5) is 14.6 Å². The molecule has 5 nitrogen and oxygen atoms in total. The lowest BCUT2D eigenvalue weighted by Gasteiger charge is -2.07. The first kappa shape index (κ1) is 14.0. The minimum Gasteiger partial charge on any atom is -0.306 e. The van der Waals surface area contributed by atoms with Crippen LogP contribution in [0, 0.1) is 23.0 Å². The maximum absolute atomic E-state index is 13.6. The molecule has 0 radical (unpaired) electrons. The minimum absolute atomic E-state index is 0.0901. The van der Waals surface area contributed by atoms with Crippen LogP contribution in [0.5, 0.6) is 0 Å². The van der Waals surface area contributed by atoms with Crippen molar-refractivity contribution >= 4 is 23.3 Å². The topological polar surface area (TPSA) is 70.7 Å². The van der Waals surface area contributed by atoms with Crippen LogP contribution in [0.2, 0.25) is 5.02 Å². The van der Waals surface area contributed by atoms with Crippen LogP contribution in [-0.4, -0.2) is 15.7 Å². The second-order valence-electron chi connectivity index (χ2n) is 3.84. The molecule has 8 heteroatoms. The molecule has 2 aromatic rings. The van der Waals surface area contributed by atoms with Crippen LogP contribution < -0.4 is 5.32 Å². The SMILES string of the molecule is Cn1ncc(C#N)c1NC(=O)c1cc(F)c(Cl)cc1F. The van der Waals surface area contributed by atoms with Gasteiger partial charge >= 0.3 is 0 Å². The summed E-state index contributed by atoms with van der Waals surface area (Å²) in [7, 11) is 1.50. The Labute approximate surface area is 117 Å². The van der Waals surface area contributed by atoms with Crippen molar-refractivity contribution in [3.05, 3.63) is 46.1 Å². The van der Waals surface area contributed by atoms with Gasteiger partial charge in [0, 0.05) is 7.05 Å². The molecule has 1 heterocycles. The van der Waals surface area contributed by atoms with E-state index in [-0.39, 0.29) is 11.4 Å². The number of nitrogens with zero attached hydrogens (tertiary/aromatic N) is 3. The average molecular weight is 297 g/mol. The molecule has 0 unspecified atom stereocenters. The largest absolute Gasteiger partial charge is 0.306 e. The maximum Gasteiger partial charge on any atom is 0.259 e. The highest BCUT2D eigenvalue weighted by Gasteiger charge is 2.18. The zero-order chi connectivity index (χ0) is 14.9. The first-order valence-corrected chi connectivity index (χ1v) is 5.70. The summed E-state index contributed by atoms with van der Waals surface area (Å²) in [5.74, 6) is -2.69. The van der Waals surface area contributed by atoms with Crippen molar-refractivity contribution in [3.63, 3.8) is 0 Å². The van der Waals surface area contributed by atoms with Crippen molar-refractivity contribution in [3.8, 4) is 6.07 Å². The molecule has 0 aliphatic heterocycles. The lowest BCUT2D eigenvalue weighted by atomic mass is 10.2. The lowest BCUT2D eigenvalue weighted by molar-refractivity contribution is 0.102. The Bertz CT molecular complexity index is 736. The monoisotopic (exact) mass is 296 g/mol. The Balaban J connectivity index is 2.36. The highest BCUT2D eigenvalue weighted by atomic mass is 35.5. The summed E-state index contributed by atoms with van der Waals surface area (Å²) in [6, 6.07) is 3.22. The van der Waals surface area contributed by atoms with E-state index in [1.807, 2.05) is 6.07 Å². The van der Waals surface area contributed by atoms with Crippen molar-refractivity contribution in [1.29, 1.82) is 5.26 Å². The molecule has 1 N–H and O–H groups in total. The number of nitriles is 1. The van der Waals surface area contributed by atoms with Gasteiger partial charge in [0.15, 0.2) is 0 Å². The predicted molar refractivity (Wildman–Crippen MR) is 67.2 cm³/mol. The molecule has 0 fully saturated rings. The molecule has 0 spiro atoms.